The van der Waals surface area contributed by atoms with Crippen molar-refractivity contribution < 1.29 is 14.0 Å². The summed E-state index contributed by atoms with van der Waals surface area (Å²) in [4.78, 5) is 29.9. The Morgan fingerprint density at radius 1 is 1.06 bits per heavy atom. The Balaban J connectivity index is 1.72. The summed E-state index contributed by atoms with van der Waals surface area (Å²) in [5.74, 6) is 0.383. The molecule has 2 amide bonds. The summed E-state index contributed by atoms with van der Waals surface area (Å²) in [7, 11) is 3.93. The van der Waals surface area contributed by atoms with E-state index in [0.717, 1.165) is 28.1 Å². The molecule has 1 aliphatic heterocycles. The molecule has 4 rings (SSSR count). The van der Waals surface area contributed by atoms with E-state index in [1.165, 1.54) is 0 Å². The van der Waals surface area contributed by atoms with Crippen molar-refractivity contribution in [2.75, 3.05) is 24.3 Å². The normalized spacial score (nSPS) is 16.6. The summed E-state index contributed by atoms with van der Waals surface area (Å²) >= 11 is 0. The highest BCUT2D eigenvalue weighted by atomic mass is 16.3. The fourth-order valence-corrected chi connectivity index (χ4v) is 4.07. The lowest BCUT2D eigenvalue weighted by molar-refractivity contribution is -0.155. The fraction of sp³-hybridized carbons (Fsp3) is 0.280. The fourth-order valence-electron chi connectivity index (χ4n) is 4.07. The second-order valence-corrected chi connectivity index (χ2v) is 8.18. The standard InChI is InChI=1S/C25H27N3O3/c1-16-7-5-8-17(2)23(16)26-25(30)24(18-10-12-19(13-11-18)27(3)4)28-20(15-22(28)29)21-9-6-14-31-21/h5-14,20,24H,15H2,1-4H3,(H,26,30)/t20-,24+/m1/s1. The quantitative estimate of drug-likeness (QED) is 0.595. The van der Waals surface area contributed by atoms with Gasteiger partial charge < -0.3 is 19.5 Å². The molecule has 1 saturated heterocycles. The van der Waals surface area contributed by atoms with Gasteiger partial charge in [-0.2, -0.15) is 0 Å². The van der Waals surface area contributed by atoms with Crippen LogP contribution in [0.25, 0.3) is 0 Å². The van der Waals surface area contributed by atoms with Gasteiger partial charge in [-0.1, -0.05) is 30.3 Å². The summed E-state index contributed by atoms with van der Waals surface area (Å²) in [5, 5.41) is 3.08. The first kappa shape index (κ1) is 20.7. The third-order valence-corrected chi connectivity index (χ3v) is 5.84. The maximum Gasteiger partial charge on any atom is 0.251 e. The first-order chi connectivity index (χ1) is 14.9. The number of nitrogens with one attached hydrogen (secondary N) is 1. The molecule has 0 spiro atoms. The van der Waals surface area contributed by atoms with Crippen molar-refractivity contribution in [1.29, 1.82) is 0 Å². The summed E-state index contributed by atoms with van der Waals surface area (Å²) in [6.07, 6.45) is 1.92. The number of benzene rings is 2. The minimum Gasteiger partial charge on any atom is -0.467 e. The summed E-state index contributed by atoms with van der Waals surface area (Å²) in [6, 6.07) is 16.3. The van der Waals surface area contributed by atoms with Gasteiger partial charge >= 0.3 is 0 Å². The molecule has 0 radical (unpaired) electrons. The van der Waals surface area contributed by atoms with Crippen molar-refractivity contribution in [1.82, 2.24) is 4.90 Å². The highest BCUT2D eigenvalue weighted by Crippen LogP contribution is 2.42. The number of carbonyl (C=O) groups excluding carboxylic acids is 2. The third-order valence-electron chi connectivity index (χ3n) is 5.84. The van der Waals surface area contributed by atoms with E-state index >= 15 is 0 Å². The number of likely N-dealkylation sites (tertiary alicyclic amines) is 1. The highest BCUT2D eigenvalue weighted by molar-refractivity contribution is 6.00. The summed E-state index contributed by atoms with van der Waals surface area (Å²) in [5.41, 5.74) is 4.53. The van der Waals surface area contributed by atoms with Crippen LogP contribution < -0.4 is 10.2 Å². The monoisotopic (exact) mass is 417 g/mol. The summed E-state index contributed by atoms with van der Waals surface area (Å²) < 4.78 is 5.56. The van der Waals surface area contributed by atoms with Crippen LogP contribution in [0.15, 0.2) is 65.3 Å². The van der Waals surface area contributed by atoms with Crippen molar-refractivity contribution in [2.45, 2.75) is 32.4 Å². The van der Waals surface area contributed by atoms with Crippen LogP contribution in [0.1, 0.15) is 41.0 Å². The molecule has 1 N–H and O–H groups in total. The van der Waals surface area contributed by atoms with E-state index in [1.807, 2.05) is 81.4 Å². The number of β-lactam (4-membered cyclic amide) rings is 1. The largest absolute Gasteiger partial charge is 0.467 e. The van der Waals surface area contributed by atoms with Gasteiger partial charge in [0.05, 0.1) is 18.7 Å². The number of nitrogens with zero attached hydrogens (tertiary/aromatic N) is 2. The highest BCUT2D eigenvalue weighted by Gasteiger charge is 2.46. The van der Waals surface area contributed by atoms with Crippen molar-refractivity contribution in [3.63, 3.8) is 0 Å². The Labute approximate surface area is 182 Å². The molecule has 0 unspecified atom stereocenters. The van der Waals surface area contributed by atoms with Crippen LogP contribution in [0.2, 0.25) is 0 Å². The molecule has 3 aromatic rings. The van der Waals surface area contributed by atoms with Crippen LogP contribution in [0.5, 0.6) is 0 Å². The number of furan rings is 1. The van der Waals surface area contributed by atoms with Crippen molar-refractivity contribution >= 4 is 23.2 Å². The number of hydrogen-bond donors (Lipinski definition) is 1. The minimum absolute atomic E-state index is 0.0697. The lowest BCUT2D eigenvalue weighted by Gasteiger charge is -2.44. The Kier molecular flexibility index (Phi) is 5.55. The predicted molar refractivity (Wildman–Crippen MR) is 121 cm³/mol. The van der Waals surface area contributed by atoms with Gasteiger partial charge in [0.1, 0.15) is 11.8 Å². The smallest absolute Gasteiger partial charge is 0.251 e. The maximum absolute atomic E-state index is 13.6. The van der Waals surface area contributed by atoms with Crippen LogP contribution in [0.4, 0.5) is 11.4 Å². The molecule has 1 aliphatic rings. The molecule has 2 atom stereocenters. The van der Waals surface area contributed by atoms with E-state index in [-0.39, 0.29) is 17.9 Å². The Morgan fingerprint density at radius 2 is 1.74 bits per heavy atom. The van der Waals surface area contributed by atoms with Crippen LogP contribution in [0.3, 0.4) is 0 Å². The molecule has 2 heterocycles. The number of carbonyl (C=O) groups is 2. The molecule has 0 bridgehead atoms. The molecule has 160 valence electrons. The zero-order valence-electron chi connectivity index (χ0n) is 18.3. The molecule has 6 heteroatoms. The summed E-state index contributed by atoms with van der Waals surface area (Å²) in [6.45, 7) is 3.92. The average Bonchev–Trinajstić information content (AvgIpc) is 3.27. The molecular weight excluding hydrogens is 390 g/mol. The van der Waals surface area contributed by atoms with Crippen molar-refractivity contribution in [3.8, 4) is 0 Å². The number of para-hydroxylation sites is 1. The van der Waals surface area contributed by atoms with E-state index in [2.05, 4.69) is 5.32 Å². The van der Waals surface area contributed by atoms with Gasteiger partial charge in [-0.25, -0.2) is 0 Å². The Morgan fingerprint density at radius 3 is 2.29 bits per heavy atom. The van der Waals surface area contributed by atoms with E-state index < -0.39 is 6.04 Å². The van der Waals surface area contributed by atoms with Gasteiger partial charge in [0, 0.05) is 25.5 Å². The first-order valence-corrected chi connectivity index (χ1v) is 10.4. The SMILES string of the molecule is Cc1cccc(C)c1NC(=O)[C@H](c1ccc(N(C)C)cc1)N1C(=O)C[C@@H]1c1ccco1. The molecule has 1 aromatic heterocycles. The zero-order valence-corrected chi connectivity index (χ0v) is 18.3. The van der Waals surface area contributed by atoms with Crippen molar-refractivity contribution in [3.05, 3.63) is 83.3 Å². The van der Waals surface area contributed by atoms with E-state index in [0.29, 0.717) is 12.2 Å². The number of anilines is 2. The molecule has 0 saturated carbocycles. The van der Waals surface area contributed by atoms with Gasteiger partial charge in [-0.3, -0.25) is 9.59 Å². The molecule has 1 fully saturated rings. The van der Waals surface area contributed by atoms with Crippen LogP contribution in [-0.4, -0.2) is 30.8 Å². The number of aryl methyl sites for hydroxylation is 2. The maximum atomic E-state index is 13.6. The van der Waals surface area contributed by atoms with Crippen LogP contribution in [0, 0.1) is 13.8 Å². The first-order valence-electron chi connectivity index (χ1n) is 10.4. The van der Waals surface area contributed by atoms with E-state index in [1.54, 1.807) is 17.2 Å². The molecule has 2 aromatic carbocycles. The zero-order chi connectivity index (χ0) is 22.1. The minimum atomic E-state index is -0.758. The number of rotatable bonds is 6. The van der Waals surface area contributed by atoms with E-state index in [4.69, 9.17) is 4.42 Å². The van der Waals surface area contributed by atoms with Gasteiger partial charge in [-0.05, 0) is 54.8 Å². The molecular formula is C25H27N3O3. The molecule has 0 aliphatic carbocycles. The number of hydrogen-bond acceptors (Lipinski definition) is 4. The lowest BCUT2D eigenvalue weighted by Crippen LogP contribution is -2.51. The van der Waals surface area contributed by atoms with Gasteiger partial charge in [0.15, 0.2) is 0 Å². The number of amides is 2. The Bertz CT molecular complexity index is 1070. The van der Waals surface area contributed by atoms with Gasteiger partial charge in [0.25, 0.3) is 5.91 Å². The predicted octanol–water partition coefficient (Wildman–Crippen LogP) is 4.62. The van der Waals surface area contributed by atoms with Crippen LogP contribution >= 0.6 is 0 Å². The average molecular weight is 418 g/mol. The van der Waals surface area contributed by atoms with Crippen molar-refractivity contribution in [2.24, 2.45) is 0 Å². The van der Waals surface area contributed by atoms with Gasteiger partial charge in [-0.15, -0.1) is 0 Å². The Hall–Kier alpha value is -3.54. The second-order valence-electron chi connectivity index (χ2n) is 8.18. The van der Waals surface area contributed by atoms with Gasteiger partial charge in [0.2, 0.25) is 5.91 Å². The lowest BCUT2D eigenvalue weighted by atomic mass is 9.92. The second kappa shape index (κ2) is 8.30. The molecule has 31 heavy (non-hydrogen) atoms. The molecule has 6 nitrogen and oxygen atoms in total. The van der Waals surface area contributed by atoms with Crippen LogP contribution in [-0.2, 0) is 9.59 Å². The third kappa shape index (κ3) is 3.93. The van der Waals surface area contributed by atoms with E-state index in [9.17, 15) is 9.59 Å². The topological polar surface area (TPSA) is 65.8 Å².